The van der Waals surface area contributed by atoms with Gasteiger partial charge in [0, 0.05) is 166 Å². The monoisotopic (exact) mass is 2040 g/mol. The molecule has 0 radical (unpaired) electrons. The first-order valence-corrected chi connectivity index (χ1v) is 47.1. The molecule has 12 aromatic rings. The predicted molar refractivity (Wildman–Crippen MR) is 541 cm³/mol. The van der Waals surface area contributed by atoms with Crippen molar-refractivity contribution in [2.45, 2.75) is 98.7 Å². The third-order valence-corrected chi connectivity index (χ3v) is 23.4. The number of ether oxygens (including phenoxy) is 8. The highest BCUT2D eigenvalue weighted by molar-refractivity contribution is 6.32. The minimum Gasteiger partial charge on any atom is -0.489 e. The van der Waals surface area contributed by atoms with Crippen molar-refractivity contribution in [2.75, 3.05) is 164 Å². The SMILES string of the molecule is C.CCNC(=O)c1cc(N2CCC(COc3cc(-c4cncn4C)cnc3N)CC2)nc(Cl)n1.CCNC(=O)c1cc(N2CCC(COc3cc(-c4cncn4C)cnc3N)CC2)nc(O[C@H](C)COC)n1.COC(=O)c1cc(Cl)nc(Cl)n1.COC[C@@H](C)O.Cn1cncc1-c1cnc(N)c(OCC2CCN(c3cc(C(=O)O)nc(Cl)n3)CC2)c1.Cn1cncc1-c1cnc(N)c(OCC2CCNCC2)c1. The van der Waals surface area contributed by atoms with Gasteiger partial charge in [-0.3, -0.25) is 9.59 Å². The number of nitrogens with one attached hydrogen (secondary N) is 3. The molecule has 2 atom stereocenters. The standard InChI is InChI=1S/C26H36N8O4.C22H27ClN8O2.C20H22ClN7O3.C15H21N5O.C6H4Cl2N2O2.C4H10O2.CH4/c1-5-29-25(35)20-11-23(32-26(31-20)38-17(2)14-36-4)34-8-6-18(7-9-34)15-37-22-10-19(12-30-24(22)27)21-13-28-16-33(21)3;1-3-26-21(32)16-9-19(29-22(23)28-16)31-6-4-14(5-7-31)12-33-18-8-15(10-27-20(18)24)17-11-25-13-30(17)2;1-27-11-23-9-15(27)13-6-16(18(22)24-8-13)31-10-12-2-4-28(5-3-12)17-7-14(19(29)30)25-20(21)26-17;1-20-10-18-8-13(20)12-6-14(15(16)19-7-12)21-9-11-2-4-17-5-3-11;1-12-5(11)3-2-4(7)10-6(8)9-3;1-4(5)3-6-2;/h10-13,16-18H,5-9,14-15H2,1-4H3,(H2,27,30)(H,29,35);8-11,13-14H,3-7,12H2,1-2H3,(H2,24,27)(H,26,32);6-9,11-12H,2-5,10H2,1H3,(H2,22,24)(H,29,30);6-8,10-11,17H,2-5,9H2,1H3,(H2,16,19);2H,1H3;4-5H,3H2,1-2H3;1H4/t17-;;;;;4-;/m1....1./s1. The van der Waals surface area contributed by atoms with Gasteiger partial charge >= 0.3 is 17.9 Å². The van der Waals surface area contributed by atoms with Crippen molar-refractivity contribution in [1.29, 1.82) is 0 Å². The Balaban J connectivity index is 0.000000185. The maximum Gasteiger partial charge on any atom is 0.356 e. The minimum atomic E-state index is -1.13. The molecular formula is C94H124Cl4N30O14. The van der Waals surface area contributed by atoms with Gasteiger partial charge in [-0.15, -0.1) is 0 Å². The van der Waals surface area contributed by atoms with Gasteiger partial charge in [0.05, 0.1) is 126 Å². The molecule has 0 aliphatic carbocycles. The Morgan fingerprint density at radius 2 is 0.761 bits per heavy atom. The first-order valence-electron chi connectivity index (χ1n) is 45.6. The average molecular weight is 2040 g/mol. The Morgan fingerprint density at radius 3 is 1.07 bits per heavy atom. The van der Waals surface area contributed by atoms with E-state index in [1.807, 2.05) is 103 Å². The maximum atomic E-state index is 12.5. The lowest BCUT2D eigenvalue weighted by molar-refractivity contribution is 0.0592. The summed E-state index contributed by atoms with van der Waals surface area (Å²) in [6.07, 6.45) is 28.1. The summed E-state index contributed by atoms with van der Waals surface area (Å²) < 4.78 is 51.7. The van der Waals surface area contributed by atoms with Crippen LogP contribution in [-0.2, 0) is 42.4 Å². The van der Waals surface area contributed by atoms with E-state index in [0.29, 0.717) is 153 Å². The molecule has 12 aromatic heterocycles. The van der Waals surface area contributed by atoms with E-state index >= 15 is 0 Å². The number of hydrogen-bond acceptors (Lipinski definition) is 37. The summed E-state index contributed by atoms with van der Waals surface area (Å²) in [6.45, 7) is 18.0. The Labute approximate surface area is 843 Å². The molecule has 4 fully saturated rings. The van der Waals surface area contributed by atoms with Crippen molar-refractivity contribution in [3.63, 3.8) is 0 Å². The van der Waals surface area contributed by atoms with Crippen LogP contribution in [0.3, 0.4) is 0 Å². The molecule has 16 heterocycles. The van der Waals surface area contributed by atoms with E-state index in [1.54, 1.807) is 102 Å². The molecule has 16 rings (SSSR count). The number of imidazole rings is 4. The summed E-state index contributed by atoms with van der Waals surface area (Å²) in [4.78, 5) is 119. The number of esters is 1. The zero-order valence-electron chi connectivity index (χ0n) is 80.4. The van der Waals surface area contributed by atoms with Crippen LogP contribution in [0.2, 0.25) is 21.0 Å². The molecule has 762 valence electrons. The summed E-state index contributed by atoms with van der Waals surface area (Å²) in [5, 5.41) is 26.5. The smallest absolute Gasteiger partial charge is 0.356 e. The number of carboxylic acid groups (broad SMARTS) is 1. The molecule has 13 N–H and O–H groups in total. The van der Waals surface area contributed by atoms with Crippen molar-refractivity contribution in [2.24, 2.45) is 51.9 Å². The minimum absolute atomic E-state index is 0. The summed E-state index contributed by atoms with van der Waals surface area (Å²) in [5.74, 6) is 5.09. The lowest BCUT2D eigenvalue weighted by Crippen LogP contribution is -2.36. The van der Waals surface area contributed by atoms with Crippen molar-refractivity contribution >= 4 is 111 Å². The number of carboxylic acids is 1. The molecule has 0 aromatic carbocycles. The second kappa shape index (κ2) is 54.9. The van der Waals surface area contributed by atoms with Gasteiger partial charge in [-0.2, -0.15) is 9.97 Å². The first kappa shape index (κ1) is 110. The van der Waals surface area contributed by atoms with E-state index in [2.05, 4.69) is 115 Å². The van der Waals surface area contributed by atoms with Crippen LogP contribution in [-0.4, -0.2) is 271 Å². The topological polar surface area (TPSA) is 558 Å². The van der Waals surface area contributed by atoms with Crippen molar-refractivity contribution in [3.8, 4) is 74.0 Å². The number of nitrogens with zero attached hydrogens (tertiary/aromatic N) is 23. The highest BCUT2D eigenvalue weighted by Gasteiger charge is 2.29. The van der Waals surface area contributed by atoms with Gasteiger partial charge in [-0.25, -0.2) is 79.4 Å². The second-order valence-electron chi connectivity index (χ2n) is 33.4. The molecule has 4 saturated heterocycles. The molecule has 0 spiro atoms. The van der Waals surface area contributed by atoms with E-state index in [0.717, 1.165) is 136 Å². The van der Waals surface area contributed by atoms with E-state index in [9.17, 15) is 19.2 Å². The lowest BCUT2D eigenvalue weighted by atomic mass is 9.98. The molecule has 142 heavy (non-hydrogen) atoms. The normalized spacial score (nSPS) is 14.3. The zero-order chi connectivity index (χ0) is 101. The summed E-state index contributed by atoms with van der Waals surface area (Å²) in [7, 11) is 12.1. The number of rotatable bonds is 31. The van der Waals surface area contributed by atoms with Crippen LogP contribution in [0.25, 0.3) is 45.0 Å². The van der Waals surface area contributed by atoms with E-state index < -0.39 is 11.9 Å². The van der Waals surface area contributed by atoms with Crippen molar-refractivity contribution in [3.05, 3.63) is 167 Å². The molecule has 2 amide bonds. The van der Waals surface area contributed by atoms with Crippen LogP contribution in [0.4, 0.5) is 40.7 Å². The molecule has 0 bridgehead atoms. The first-order chi connectivity index (χ1) is 67.9. The summed E-state index contributed by atoms with van der Waals surface area (Å²) in [5.41, 5.74) is 32.0. The quantitative estimate of drug-likeness (QED) is 0.0111. The van der Waals surface area contributed by atoms with Gasteiger partial charge in [0.15, 0.2) is 57.7 Å². The van der Waals surface area contributed by atoms with Gasteiger partial charge in [-0.05, 0) is 175 Å². The van der Waals surface area contributed by atoms with Gasteiger partial charge in [0.1, 0.15) is 40.1 Å². The summed E-state index contributed by atoms with van der Waals surface area (Å²) in [6, 6.07) is 13.9. The number of carbonyl (C=O) groups excluding carboxylic acids is 3. The number of aromatic nitrogens is 20. The second-order valence-corrected chi connectivity index (χ2v) is 34.8. The highest BCUT2D eigenvalue weighted by Crippen LogP contribution is 2.36. The fraction of sp³-hybridized carbons (Fsp3) is 0.447. The number of halogens is 4. The molecule has 4 aliphatic rings. The van der Waals surface area contributed by atoms with Crippen LogP contribution in [0.15, 0.2) is 123 Å². The highest BCUT2D eigenvalue weighted by atomic mass is 35.5. The van der Waals surface area contributed by atoms with E-state index in [-0.39, 0.29) is 81.2 Å². The number of piperidine rings is 4. The van der Waals surface area contributed by atoms with Gasteiger partial charge in [0.2, 0.25) is 15.9 Å². The Morgan fingerprint density at radius 1 is 0.437 bits per heavy atom. The summed E-state index contributed by atoms with van der Waals surface area (Å²) >= 11 is 22.9. The van der Waals surface area contributed by atoms with Crippen LogP contribution >= 0.6 is 46.4 Å². The number of nitrogens with two attached hydrogens (primary N) is 4. The number of aromatic carboxylic acids is 1. The fourth-order valence-corrected chi connectivity index (χ4v) is 15.9. The van der Waals surface area contributed by atoms with Crippen LogP contribution < -0.4 is 77.3 Å². The number of aryl methyl sites for hydroxylation is 4. The number of aliphatic hydroxyl groups is 1. The molecule has 0 unspecified atom stereocenters. The lowest BCUT2D eigenvalue weighted by Gasteiger charge is -2.33. The molecule has 48 heteroatoms. The largest absolute Gasteiger partial charge is 0.489 e. The van der Waals surface area contributed by atoms with Crippen LogP contribution in [0.5, 0.6) is 29.0 Å². The number of nitrogen functional groups attached to an aromatic ring is 4. The Kier molecular flexibility index (Phi) is 42.6. The van der Waals surface area contributed by atoms with Gasteiger partial charge < -0.3 is 120 Å². The number of anilines is 7. The van der Waals surface area contributed by atoms with Crippen LogP contribution in [0, 0.1) is 23.7 Å². The van der Waals surface area contributed by atoms with Crippen molar-refractivity contribution < 1.29 is 67.3 Å². The number of methoxy groups -OCH3 is 3. The predicted octanol–water partition coefficient (Wildman–Crippen LogP) is 11.0. The number of amides is 2. The fourth-order valence-electron chi connectivity index (χ4n) is 15.1. The molecular weight excluding hydrogens is 1920 g/mol. The zero-order valence-corrected chi connectivity index (χ0v) is 83.4. The number of carbonyl (C=O) groups is 4. The Bertz CT molecular complexity index is 6050. The van der Waals surface area contributed by atoms with Crippen molar-refractivity contribution in [1.82, 2.24) is 114 Å². The number of aliphatic hydroxyl groups excluding tert-OH is 1. The van der Waals surface area contributed by atoms with E-state index in [4.69, 9.17) is 108 Å². The average Bonchev–Trinajstić information content (AvgIpc) is 0.855. The number of pyridine rings is 4. The van der Waals surface area contributed by atoms with Crippen LogP contribution in [0.1, 0.15) is 128 Å². The Hall–Kier alpha value is -13.8. The third-order valence-electron chi connectivity index (χ3n) is 22.7. The third kappa shape index (κ3) is 32.7. The van der Waals surface area contributed by atoms with Gasteiger partial charge in [0.25, 0.3) is 11.8 Å². The molecule has 4 aliphatic heterocycles. The molecule has 44 nitrogen and oxygen atoms in total. The number of hydrogen-bond donors (Lipinski definition) is 9. The van der Waals surface area contributed by atoms with Gasteiger partial charge in [-0.1, -0.05) is 19.0 Å². The maximum absolute atomic E-state index is 12.5. The van der Waals surface area contributed by atoms with E-state index in [1.165, 1.54) is 19.2 Å². The molecule has 0 saturated carbocycles.